The predicted octanol–water partition coefficient (Wildman–Crippen LogP) is 3.79. The van der Waals surface area contributed by atoms with Crippen LogP contribution in [0, 0.1) is 5.82 Å². The van der Waals surface area contributed by atoms with Gasteiger partial charge in [0.25, 0.3) is 11.8 Å². The van der Waals surface area contributed by atoms with E-state index in [2.05, 4.69) is 0 Å². The van der Waals surface area contributed by atoms with E-state index in [1.165, 1.54) is 41.3 Å². The number of amides is 2. The van der Waals surface area contributed by atoms with E-state index in [1.54, 1.807) is 0 Å². The average molecular weight is 409 g/mol. The van der Waals surface area contributed by atoms with Gasteiger partial charge in [-0.25, -0.2) is 9.18 Å². The lowest BCUT2D eigenvalue weighted by molar-refractivity contribution is 0.0474. The number of hydrogen-bond acceptors (Lipinski definition) is 5. The molecule has 0 saturated heterocycles. The highest BCUT2D eigenvalue weighted by atomic mass is 19.1. The first-order valence-electron chi connectivity index (χ1n) is 9.93. The Morgan fingerprint density at radius 3 is 2.40 bits per heavy atom. The minimum atomic E-state index is -0.793. The smallest absolute Gasteiger partial charge is 0.338 e. The monoisotopic (exact) mass is 409 g/mol. The van der Waals surface area contributed by atoms with Crippen LogP contribution in [0.25, 0.3) is 0 Å². The van der Waals surface area contributed by atoms with Crippen LogP contribution < -0.4 is 0 Å². The third-order valence-corrected chi connectivity index (χ3v) is 5.57. The van der Waals surface area contributed by atoms with Gasteiger partial charge in [-0.15, -0.1) is 0 Å². The summed E-state index contributed by atoms with van der Waals surface area (Å²) in [6.45, 7) is -0.555. The van der Waals surface area contributed by atoms with Gasteiger partial charge in [-0.05, 0) is 43.2 Å². The molecule has 0 unspecified atom stereocenters. The van der Waals surface area contributed by atoms with Crippen molar-refractivity contribution in [2.75, 3.05) is 6.61 Å². The molecule has 1 fully saturated rings. The molecule has 6 nitrogen and oxygen atoms in total. The van der Waals surface area contributed by atoms with Crippen LogP contribution in [0.15, 0.2) is 42.5 Å². The summed E-state index contributed by atoms with van der Waals surface area (Å²) in [6.07, 6.45) is 4.65. The normalized spacial score (nSPS) is 16.5. The zero-order valence-corrected chi connectivity index (χ0v) is 16.2. The Bertz CT molecular complexity index is 1040. The molecule has 2 aromatic rings. The molecule has 1 heterocycles. The molecular weight excluding hydrogens is 389 g/mol. The number of imide groups is 1. The Labute approximate surface area is 172 Å². The molecule has 0 bridgehead atoms. The van der Waals surface area contributed by atoms with Crippen molar-refractivity contribution in [2.24, 2.45) is 0 Å². The summed E-state index contributed by atoms with van der Waals surface area (Å²) in [5, 5.41) is 0. The largest absolute Gasteiger partial charge is 0.454 e. The lowest BCUT2D eigenvalue weighted by Crippen LogP contribution is -2.40. The molecule has 4 rings (SSSR count). The van der Waals surface area contributed by atoms with Gasteiger partial charge in [0, 0.05) is 11.6 Å². The molecule has 2 aliphatic rings. The number of Topliss-reactive ketones (excluding diaryl/α,β-unsaturated/α-hetero) is 1. The molecular formula is C23H20FNO5. The van der Waals surface area contributed by atoms with Crippen LogP contribution in [0.3, 0.4) is 0 Å². The van der Waals surface area contributed by atoms with E-state index in [-0.39, 0.29) is 34.2 Å². The van der Waals surface area contributed by atoms with E-state index in [0.717, 1.165) is 38.2 Å². The summed E-state index contributed by atoms with van der Waals surface area (Å²) in [7, 11) is 0. The fourth-order valence-corrected chi connectivity index (χ4v) is 4.02. The van der Waals surface area contributed by atoms with Crippen molar-refractivity contribution in [1.82, 2.24) is 4.90 Å². The molecule has 0 spiro atoms. The third kappa shape index (κ3) is 3.75. The quantitative estimate of drug-likeness (QED) is 0.426. The Kier molecular flexibility index (Phi) is 5.44. The first-order valence-corrected chi connectivity index (χ1v) is 9.93. The van der Waals surface area contributed by atoms with Crippen LogP contribution in [-0.4, -0.2) is 41.1 Å². The van der Waals surface area contributed by atoms with Gasteiger partial charge in [0.2, 0.25) is 0 Å². The molecule has 30 heavy (non-hydrogen) atoms. The van der Waals surface area contributed by atoms with Gasteiger partial charge in [-0.2, -0.15) is 0 Å². The van der Waals surface area contributed by atoms with Crippen LogP contribution in [-0.2, 0) is 4.74 Å². The number of rotatable bonds is 5. The van der Waals surface area contributed by atoms with Crippen LogP contribution in [0.2, 0.25) is 0 Å². The zero-order chi connectivity index (χ0) is 21.3. The zero-order valence-electron chi connectivity index (χ0n) is 16.2. The highest BCUT2D eigenvalue weighted by Gasteiger charge is 2.40. The Balaban J connectivity index is 1.46. The number of ketones is 1. The van der Waals surface area contributed by atoms with Gasteiger partial charge in [0.1, 0.15) is 5.82 Å². The molecule has 1 aliphatic carbocycles. The van der Waals surface area contributed by atoms with Crippen molar-refractivity contribution in [3.8, 4) is 0 Å². The van der Waals surface area contributed by atoms with Crippen LogP contribution in [0.4, 0.5) is 4.39 Å². The number of carbonyl (C=O) groups excluding carboxylic acids is 4. The summed E-state index contributed by atoms with van der Waals surface area (Å²) >= 11 is 0. The fourth-order valence-electron chi connectivity index (χ4n) is 4.02. The molecule has 0 atom stereocenters. The third-order valence-electron chi connectivity index (χ3n) is 5.57. The van der Waals surface area contributed by atoms with Crippen molar-refractivity contribution in [1.29, 1.82) is 0 Å². The maximum absolute atomic E-state index is 13.2. The van der Waals surface area contributed by atoms with Crippen LogP contribution in [0.5, 0.6) is 0 Å². The number of carbonyl (C=O) groups is 4. The number of halogens is 1. The van der Waals surface area contributed by atoms with Gasteiger partial charge in [-0.3, -0.25) is 19.3 Å². The maximum Gasteiger partial charge on any atom is 0.338 e. The molecule has 2 aromatic carbocycles. The second-order valence-corrected chi connectivity index (χ2v) is 7.54. The molecule has 2 amide bonds. The summed E-state index contributed by atoms with van der Waals surface area (Å²) in [5.41, 5.74) is 0.627. The fraction of sp³-hybridized carbons (Fsp3) is 0.304. The molecule has 1 saturated carbocycles. The second kappa shape index (κ2) is 8.18. The lowest BCUT2D eigenvalue weighted by Gasteiger charge is -2.29. The molecule has 1 aliphatic heterocycles. The summed E-state index contributed by atoms with van der Waals surface area (Å²) in [6, 6.07) is 9.19. The number of nitrogens with zero attached hydrogens (tertiary/aromatic N) is 1. The van der Waals surface area contributed by atoms with Crippen LogP contribution in [0.1, 0.15) is 73.5 Å². The Morgan fingerprint density at radius 1 is 0.933 bits per heavy atom. The van der Waals surface area contributed by atoms with Gasteiger partial charge in [0.15, 0.2) is 12.4 Å². The van der Waals surface area contributed by atoms with Crippen molar-refractivity contribution >= 4 is 23.6 Å². The summed E-state index contributed by atoms with van der Waals surface area (Å²) in [5.74, 6) is -2.62. The summed E-state index contributed by atoms with van der Waals surface area (Å²) < 4.78 is 18.3. The van der Waals surface area contributed by atoms with Gasteiger partial charge in [0.05, 0.1) is 16.7 Å². The minimum Gasteiger partial charge on any atom is -0.454 e. The standard InChI is InChI=1S/C23H20FNO5/c24-16-6-4-5-14(11-16)20(26)13-30-23(29)15-9-10-18-19(12-15)22(28)25(21(18)27)17-7-2-1-3-8-17/h4-6,9-12,17H,1-3,7-8,13H2. The number of esters is 1. The molecule has 0 aromatic heterocycles. The minimum absolute atomic E-state index is 0.0763. The second-order valence-electron chi connectivity index (χ2n) is 7.54. The van der Waals surface area contributed by atoms with E-state index < -0.39 is 30.1 Å². The topological polar surface area (TPSA) is 80.8 Å². The molecule has 0 radical (unpaired) electrons. The van der Waals surface area contributed by atoms with Crippen molar-refractivity contribution < 1.29 is 28.3 Å². The Hall–Kier alpha value is -3.35. The van der Waals surface area contributed by atoms with Gasteiger partial charge in [-0.1, -0.05) is 31.4 Å². The van der Waals surface area contributed by atoms with Crippen molar-refractivity contribution in [3.63, 3.8) is 0 Å². The van der Waals surface area contributed by atoms with E-state index in [4.69, 9.17) is 4.74 Å². The maximum atomic E-state index is 13.2. The highest BCUT2D eigenvalue weighted by molar-refractivity contribution is 6.22. The van der Waals surface area contributed by atoms with Crippen LogP contribution >= 0.6 is 0 Å². The van der Waals surface area contributed by atoms with E-state index in [9.17, 15) is 23.6 Å². The SMILES string of the molecule is O=C(COC(=O)c1ccc2c(c1)C(=O)N(C1CCCCC1)C2=O)c1cccc(F)c1. The predicted molar refractivity (Wildman–Crippen MR) is 105 cm³/mol. The van der Waals surface area contributed by atoms with E-state index >= 15 is 0 Å². The van der Waals surface area contributed by atoms with E-state index in [0.29, 0.717) is 0 Å². The number of hydrogen-bond donors (Lipinski definition) is 0. The molecule has 7 heteroatoms. The Morgan fingerprint density at radius 2 is 1.67 bits per heavy atom. The first kappa shape index (κ1) is 19.9. The number of fused-ring (bicyclic) bond motifs is 1. The lowest BCUT2D eigenvalue weighted by atomic mass is 9.94. The molecule has 154 valence electrons. The van der Waals surface area contributed by atoms with Crippen molar-refractivity contribution in [3.05, 3.63) is 70.5 Å². The highest BCUT2D eigenvalue weighted by Crippen LogP contribution is 2.31. The first-order chi connectivity index (χ1) is 14.5. The molecule has 0 N–H and O–H groups in total. The number of ether oxygens (including phenoxy) is 1. The average Bonchev–Trinajstić information content (AvgIpc) is 3.02. The number of benzene rings is 2. The van der Waals surface area contributed by atoms with Gasteiger partial charge < -0.3 is 4.74 Å². The van der Waals surface area contributed by atoms with Crippen molar-refractivity contribution in [2.45, 2.75) is 38.1 Å². The van der Waals surface area contributed by atoms with Gasteiger partial charge >= 0.3 is 5.97 Å². The van der Waals surface area contributed by atoms with E-state index in [1.807, 2.05) is 0 Å². The summed E-state index contributed by atoms with van der Waals surface area (Å²) in [4.78, 5) is 51.3.